The van der Waals surface area contributed by atoms with E-state index in [2.05, 4.69) is 4.98 Å². The third-order valence-corrected chi connectivity index (χ3v) is 5.14. The number of imidazole rings is 1. The van der Waals surface area contributed by atoms with Gasteiger partial charge in [0.25, 0.3) is 0 Å². The molecule has 0 saturated carbocycles. The molecule has 3 heterocycles. The maximum absolute atomic E-state index is 14.6. The van der Waals surface area contributed by atoms with Crippen LogP contribution >= 0.6 is 0 Å². The molecular formula is C21H22FN3O2. The molecule has 1 saturated heterocycles. The molecule has 140 valence electrons. The largest absolute Gasteiger partial charge is 0.378 e. The minimum Gasteiger partial charge on any atom is -0.378 e. The summed E-state index contributed by atoms with van der Waals surface area (Å²) >= 11 is 0. The van der Waals surface area contributed by atoms with Crippen LogP contribution in [0.25, 0.3) is 5.65 Å². The van der Waals surface area contributed by atoms with Crippen LogP contribution in [0.3, 0.4) is 0 Å². The van der Waals surface area contributed by atoms with Gasteiger partial charge in [-0.3, -0.25) is 4.79 Å². The lowest BCUT2D eigenvalue weighted by Crippen LogP contribution is -2.41. The van der Waals surface area contributed by atoms with E-state index in [0.717, 1.165) is 16.9 Å². The number of carbonyl (C=O) groups is 1. The fourth-order valence-corrected chi connectivity index (χ4v) is 3.68. The van der Waals surface area contributed by atoms with Gasteiger partial charge in [-0.05, 0) is 30.2 Å². The summed E-state index contributed by atoms with van der Waals surface area (Å²) in [5, 5.41) is 0. The highest BCUT2D eigenvalue weighted by atomic mass is 19.1. The van der Waals surface area contributed by atoms with Crippen molar-refractivity contribution in [3.8, 4) is 0 Å². The first kappa shape index (κ1) is 17.7. The van der Waals surface area contributed by atoms with Crippen molar-refractivity contribution in [1.82, 2.24) is 14.3 Å². The zero-order chi connectivity index (χ0) is 18.8. The topological polar surface area (TPSA) is 46.8 Å². The van der Waals surface area contributed by atoms with Crippen LogP contribution in [-0.4, -0.2) is 46.5 Å². The smallest absolute Gasteiger partial charge is 0.223 e. The highest BCUT2D eigenvalue weighted by molar-refractivity contribution is 5.78. The van der Waals surface area contributed by atoms with Gasteiger partial charge in [-0.25, -0.2) is 9.37 Å². The number of hydrogen-bond acceptors (Lipinski definition) is 3. The van der Waals surface area contributed by atoms with E-state index in [4.69, 9.17) is 4.74 Å². The van der Waals surface area contributed by atoms with Crippen LogP contribution in [0.4, 0.5) is 4.39 Å². The highest BCUT2D eigenvalue weighted by Gasteiger charge is 2.27. The van der Waals surface area contributed by atoms with Crippen LogP contribution in [0.2, 0.25) is 0 Å². The molecule has 0 aliphatic carbocycles. The van der Waals surface area contributed by atoms with Gasteiger partial charge in [-0.1, -0.05) is 24.3 Å². The van der Waals surface area contributed by atoms with Crippen LogP contribution in [0.1, 0.15) is 29.2 Å². The van der Waals surface area contributed by atoms with Gasteiger partial charge in [0, 0.05) is 37.8 Å². The molecule has 1 aliphatic rings. The van der Waals surface area contributed by atoms with Crippen LogP contribution in [-0.2, 0) is 9.53 Å². The number of aryl methyl sites for hydroxylation is 1. The lowest BCUT2D eigenvalue weighted by molar-refractivity contribution is -0.135. The number of nitrogens with zero attached hydrogens (tertiary/aromatic N) is 3. The van der Waals surface area contributed by atoms with Gasteiger partial charge in [-0.15, -0.1) is 0 Å². The van der Waals surface area contributed by atoms with Crippen molar-refractivity contribution in [2.24, 2.45) is 0 Å². The molecule has 27 heavy (non-hydrogen) atoms. The summed E-state index contributed by atoms with van der Waals surface area (Å²) in [5.41, 5.74) is 3.20. The predicted octanol–water partition coefficient (Wildman–Crippen LogP) is 3.16. The van der Waals surface area contributed by atoms with E-state index >= 15 is 0 Å². The van der Waals surface area contributed by atoms with Gasteiger partial charge < -0.3 is 14.0 Å². The molecule has 1 amide bonds. The molecule has 2 aromatic heterocycles. The Morgan fingerprint density at radius 1 is 1.22 bits per heavy atom. The average molecular weight is 367 g/mol. The third-order valence-electron chi connectivity index (χ3n) is 5.14. The Labute approximate surface area is 157 Å². The Hall–Kier alpha value is -2.73. The Kier molecular flexibility index (Phi) is 4.90. The second-order valence-corrected chi connectivity index (χ2v) is 6.84. The highest BCUT2D eigenvalue weighted by Crippen LogP contribution is 2.31. The number of aromatic nitrogens is 2. The van der Waals surface area contributed by atoms with E-state index < -0.39 is 5.92 Å². The van der Waals surface area contributed by atoms with E-state index in [0.29, 0.717) is 31.9 Å². The van der Waals surface area contributed by atoms with Gasteiger partial charge >= 0.3 is 0 Å². The summed E-state index contributed by atoms with van der Waals surface area (Å²) in [4.78, 5) is 19.2. The van der Waals surface area contributed by atoms with Gasteiger partial charge in [0.1, 0.15) is 11.5 Å². The van der Waals surface area contributed by atoms with E-state index in [1.54, 1.807) is 29.3 Å². The van der Waals surface area contributed by atoms with Gasteiger partial charge in [0.15, 0.2) is 0 Å². The molecule has 1 fully saturated rings. The lowest BCUT2D eigenvalue weighted by Gasteiger charge is -2.28. The quantitative estimate of drug-likeness (QED) is 0.712. The monoisotopic (exact) mass is 367 g/mol. The molecule has 0 bridgehead atoms. The van der Waals surface area contributed by atoms with Gasteiger partial charge in [0.05, 0.1) is 18.9 Å². The number of halogens is 1. The first-order chi connectivity index (χ1) is 13.1. The maximum atomic E-state index is 14.6. The molecule has 4 rings (SSSR count). The van der Waals surface area contributed by atoms with Crippen LogP contribution < -0.4 is 0 Å². The number of ether oxygens (including phenoxy) is 1. The molecule has 0 spiro atoms. The molecule has 1 unspecified atom stereocenters. The number of benzene rings is 1. The average Bonchev–Trinajstić information content (AvgIpc) is 3.13. The third kappa shape index (κ3) is 3.45. The van der Waals surface area contributed by atoms with Gasteiger partial charge in [0.2, 0.25) is 5.91 Å². The van der Waals surface area contributed by atoms with Crippen molar-refractivity contribution in [2.75, 3.05) is 26.3 Å². The van der Waals surface area contributed by atoms with Crippen molar-refractivity contribution in [1.29, 1.82) is 0 Å². The summed E-state index contributed by atoms with van der Waals surface area (Å²) in [6, 6.07) is 10.6. The number of hydrogen-bond donors (Lipinski definition) is 0. The summed E-state index contributed by atoms with van der Waals surface area (Å²) in [6.45, 7) is 4.24. The normalized spacial score (nSPS) is 15.9. The molecule has 5 nitrogen and oxygen atoms in total. The zero-order valence-electron chi connectivity index (χ0n) is 15.3. The zero-order valence-corrected chi connectivity index (χ0v) is 15.3. The number of fused-ring (bicyclic) bond motifs is 1. The predicted molar refractivity (Wildman–Crippen MR) is 100 cm³/mol. The van der Waals surface area contributed by atoms with Crippen molar-refractivity contribution in [2.45, 2.75) is 19.3 Å². The summed E-state index contributed by atoms with van der Waals surface area (Å²) < 4.78 is 21.9. The van der Waals surface area contributed by atoms with Crippen LogP contribution in [0.5, 0.6) is 0 Å². The molecular weight excluding hydrogens is 345 g/mol. The summed E-state index contributed by atoms with van der Waals surface area (Å²) in [5.74, 6) is -0.701. The standard InChI is InChI=1S/C21H22FN3O2/c1-15-5-4-8-25-19(14-23-21(15)25)17(16-6-2-3-7-18(16)22)13-20(26)24-9-11-27-12-10-24/h2-8,14,17H,9-13H2,1H3. The van der Waals surface area contributed by atoms with Gasteiger partial charge in [-0.2, -0.15) is 0 Å². The molecule has 1 aromatic carbocycles. The first-order valence-corrected chi connectivity index (χ1v) is 9.17. The summed E-state index contributed by atoms with van der Waals surface area (Å²) in [7, 11) is 0. The Bertz CT molecular complexity index is 963. The SMILES string of the molecule is Cc1cccn2c(C(CC(=O)N3CCOCC3)c3ccccc3F)cnc12. The van der Waals surface area contributed by atoms with E-state index in [9.17, 15) is 9.18 Å². The molecule has 6 heteroatoms. The van der Waals surface area contributed by atoms with E-state index in [1.165, 1.54) is 6.07 Å². The molecule has 1 aliphatic heterocycles. The van der Waals surface area contributed by atoms with Crippen molar-refractivity contribution in [3.05, 3.63) is 71.4 Å². The van der Waals surface area contributed by atoms with Crippen LogP contribution in [0, 0.1) is 12.7 Å². The van der Waals surface area contributed by atoms with Crippen molar-refractivity contribution < 1.29 is 13.9 Å². The first-order valence-electron chi connectivity index (χ1n) is 9.17. The minimum atomic E-state index is -0.404. The Balaban J connectivity index is 1.75. The second-order valence-electron chi connectivity index (χ2n) is 6.84. The lowest BCUT2D eigenvalue weighted by atomic mass is 9.91. The summed E-state index contributed by atoms with van der Waals surface area (Å²) in [6.07, 6.45) is 3.87. The number of rotatable bonds is 4. The van der Waals surface area contributed by atoms with E-state index in [-0.39, 0.29) is 18.1 Å². The fraction of sp³-hybridized carbons (Fsp3) is 0.333. The molecule has 0 N–H and O–H groups in total. The second kappa shape index (κ2) is 7.48. The van der Waals surface area contributed by atoms with Crippen molar-refractivity contribution in [3.63, 3.8) is 0 Å². The number of pyridine rings is 1. The molecule has 3 aromatic rings. The van der Waals surface area contributed by atoms with Crippen LogP contribution in [0.15, 0.2) is 48.8 Å². The number of morpholine rings is 1. The molecule has 0 radical (unpaired) electrons. The Morgan fingerprint density at radius 3 is 2.78 bits per heavy atom. The van der Waals surface area contributed by atoms with E-state index in [1.807, 2.05) is 29.7 Å². The molecule has 1 atom stereocenters. The minimum absolute atomic E-state index is 0.00848. The maximum Gasteiger partial charge on any atom is 0.223 e. The Morgan fingerprint density at radius 2 is 2.00 bits per heavy atom. The number of carbonyl (C=O) groups excluding carboxylic acids is 1. The van der Waals surface area contributed by atoms with Crippen molar-refractivity contribution >= 4 is 11.6 Å². The fourth-order valence-electron chi connectivity index (χ4n) is 3.68. The number of amides is 1.